The molecule has 0 aromatic heterocycles. The Labute approximate surface area is 171 Å². The number of fused-ring (bicyclic) bond motifs is 1. The van der Waals surface area contributed by atoms with Crippen LogP contribution in [-0.2, 0) is 19.1 Å². The molecule has 2 amide bonds. The molecule has 0 unspecified atom stereocenters. The molecule has 2 aromatic rings. The zero-order valence-corrected chi connectivity index (χ0v) is 17.0. The molecule has 6 nitrogen and oxygen atoms in total. The minimum atomic E-state index is -0.867. The summed E-state index contributed by atoms with van der Waals surface area (Å²) < 4.78 is 5.81. The molecule has 2 heterocycles. The first-order valence-electron chi connectivity index (χ1n) is 8.97. The quantitative estimate of drug-likeness (QED) is 0.584. The van der Waals surface area contributed by atoms with Crippen LogP contribution in [0.2, 0.25) is 0 Å². The van der Waals surface area contributed by atoms with Gasteiger partial charge in [0.15, 0.2) is 0 Å². The Balaban J connectivity index is 1.79. The smallest absolute Gasteiger partial charge is 0.323 e. The number of nitrogens with zero attached hydrogens (tertiary/aromatic N) is 1. The van der Waals surface area contributed by atoms with Gasteiger partial charge < -0.3 is 4.74 Å². The van der Waals surface area contributed by atoms with Crippen molar-refractivity contribution in [3.63, 3.8) is 0 Å². The lowest BCUT2D eigenvalue weighted by Crippen LogP contribution is -2.43. The lowest BCUT2D eigenvalue weighted by Gasteiger charge is -2.23. The zero-order chi connectivity index (χ0) is 20.0. The van der Waals surface area contributed by atoms with E-state index in [0.29, 0.717) is 5.69 Å². The first-order valence-corrected chi connectivity index (χ1v) is 9.76. The van der Waals surface area contributed by atoms with Crippen molar-refractivity contribution in [3.8, 4) is 0 Å². The van der Waals surface area contributed by atoms with Crippen LogP contribution >= 0.6 is 15.9 Å². The van der Waals surface area contributed by atoms with Crippen molar-refractivity contribution < 1.29 is 19.1 Å². The molecule has 0 bridgehead atoms. The molecule has 0 radical (unpaired) electrons. The fourth-order valence-corrected chi connectivity index (χ4v) is 4.45. The first kappa shape index (κ1) is 18.8. The van der Waals surface area contributed by atoms with Crippen LogP contribution in [0.5, 0.6) is 0 Å². The normalized spacial score (nSPS) is 26.5. The molecule has 28 heavy (non-hydrogen) atoms. The van der Waals surface area contributed by atoms with Gasteiger partial charge in [0.05, 0.1) is 24.6 Å². The van der Waals surface area contributed by atoms with Crippen LogP contribution in [0, 0.1) is 18.8 Å². The lowest BCUT2D eigenvalue weighted by molar-refractivity contribution is -0.145. The summed E-state index contributed by atoms with van der Waals surface area (Å²) in [6.07, 6.45) is 0. The van der Waals surface area contributed by atoms with Crippen LogP contribution in [-0.4, -0.2) is 30.9 Å². The number of amides is 2. The summed E-state index contributed by atoms with van der Waals surface area (Å²) >= 11 is 3.40. The Morgan fingerprint density at radius 1 is 1.04 bits per heavy atom. The predicted molar refractivity (Wildman–Crippen MR) is 106 cm³/mol. The number of halogens is 1. The number of carbonyl (C=O) groups is 3. The van der Waals surface area contributed by atoms with Gasteiger partial charge in [0.25, 0.3) is 0 Å². The number of esters is 1. The van der Waals surface area contributed by atoms with Gasteiger partial charge in [-0.05, 0) is 36.2 Å². The van der Waals surface area contributed by atoms with E-state index < -0.39 is 29.9 Å². The molecule has 1 N–H and O–H groups in total. The molecule has 4 atom stereocenters. The number of para-hydroxylation sites is 1. The van der Waals surface area contributed by atoms with Crippen molar-refractivity contribution >= 4 is 39.4 Å². The number of benzene rings is 2. The highest BCUT2D eigenvalue weighted by Gasteiger charge is 2.61. The van der Waals surface area contributed by atoms with Crippen LogP contribution in [0.1, 0.15) is 17.2 Å². The third kappa shape index (κ3) is 2.86. The van der Waals surface area contributed by atoms with Gasteiger partial charge in [-0.2, -0.15) is 0 Å². The molecule has 0 aliphatic carbocycles. The molecule has 2 fully saturated rings. The number of imide groups is 1. The fraction of sp³-hybridized carbons (Fsp3) is 0.286. The van der Waals surface area contributed by atoms with Gasteiger partial charge in [-0.1, -0.05) is 46.3 Å². The maximum absolute atomic E-state index is 13.4. The van der Waals surface area contributed by atoms with Crippen molar-refractivity contribution in [1.29, 1.82) is 0 Å². The van der Waals surface area contributed by atoms with Crippen molar-refractivity contribution in [2.24, 2.45) is 11.8 Å². The minimum absolute atomic E-state index is 0.295. The van der Waals surface area contributed by atoms with Crippen LogP contribution in [0.3, 0.4) is 0 Å². The summed E-state index contributed by atoms with van der Waals surface area (Å²) in [5, 5.41) is 3.17. The van der Waals surface area contributed by atoms with Gasteiger partial charge in [0.2, 0.25) is 11.8 Å². The summed E-state index contributed by atoms with van der Waals surface area (Å²) in [6.45, 7) is 1.85. The molecule has 0 saturated carbocycles. The minimum Gasteiger partial charge on any atom is -0.468 e. The first-order chi connectivity index (χ1) is 13.4. The van der Waals surface area contributed by atoms with Crippen LogP contribution in [0.15, 0.2) is 53.0 Å². The number of hydrogen-bond acceptors (Lipinski definition) is 5. The number of anilines is 1. The largest absolute Gasteiger partial charge is 0.468 e. The average molecular weight is 443 g/mol. The molecule has 7 heteroatoms. The van der Waals surface area contributed by atoms with Crippen LogP contribution in [0.25, 0.3) is 0 Å². The zero-order valence-electron chi connectivity index (χ0n) is 15.4. The molecule has 0 spiro atoms. The van der Waals surface area contributed by atoms with Gasteiger partial charge in [-0.3, -0.25) is 19.7 Å². The lowest BCUT2D eigenvalue weighted by atomic mass is 9.86. The second kappa shape index (κ2) is 7.14. The molecule has 144 valence electrons. The summed E-state index contributed by atoms with van der Waals surface area (Å²) in [7, 11) is 1.28. The second-order valence-electron chi connectivity index (χ2n) is 7.05. The molecular weight excluding hydrogens is 424 g/mol. The van der Waals surface area contributed by atoms with Crippen molar-refractivity contribution in [2.75, 3.05) is 12.0 Å². The number of rotatable bonds is 3. The summed E-state index contributed by atoms with van der Waals surface area (Å²) in [5.41, 5.74) is 2.23. The Morgan fingerprint density at radius 2 is 1.68 bits per heavy atom. The topological polar surface area (TPSA) is 75.7 Å². The molecule has 2 aliphatic rings. The van der Waals surface area contributed by atoms with Crippen molar-refractivity contribution in [1.82, 2.24) is 5.32 Å². The van der Waals surface area contributed by atoms with Gasteiger partial charge in [0, 0.05) is 10.5 Å². The third-order valence-electron chi connectivity index (χ3n) is 5.52. The third-order valence-corrected chi connectivity index (χ3v) is 6.04. The van der Waals surface area contributed by atoms with E-state index in [2.05, 4.69) is 21.2 Å². The van der Waals surface area contributed by atoms with E-state index in [1.165, 1.54) is 12.0 Å². The van der Waals surface area contributed by atoms with E-state index in [-0.39, 0.29) is 11.8 Å². The van der Waals surface area contributed by atoms with E-state index in [9.17, 15) is 14.4 Å². The number of aryl methyl sites for hydroxylation is 1. The van der Waals surface area contributed by atoms with Gasteiger partial charge in [-0.15, -0.1) is 0 Å². The van der Waals surface area contributed by atoms with E-state index >= 15 is 0 Å². The van der Waals surface area contributed by atoms with Crippen LogP contribution < -0.4 is 10.2 Å². The monoisotopic (exact) mass is 442 g/mol. The maximum atomic E-state index is 13.4. The summed E-state index contributed by atoms with van der Waals surface area (Å²) in [5.74, 6) is -2.67. The van der Waals surface area contributed by atoms with Crippen molar-refractivity contribution in [3.05, 3.63) is 64.1 Å². The Hall–Kier alpha value is -2.51. The number of hydrogen-bond donors (Lipinski definition) is 1. The van der Waals surface area contributed by atoms with E-state index in [1.807, 2.05) is 43.3 Å². The Morgan fingerprint density at radius 3 is 2.32 bits per heavy atom. The van der Waals surface area contributed by atoms with Gasteiger partial charge >= 0.3 is 5.97 Å². The van der Waals surface area contributed by atoms with E-state index in [0.717, 1.165) is 15.6 Å². The van der Waals surface area contributed by atoms with E-state index in [4.69, 9.17) is 4.74 Å². The predicted octanol–water partition coefficient (Wildman–Crippen LogP) is 2.75. The van der Waals surface area contributed by atoms with E-state index in [1.54, 1.807) is 12.1 Å². The number of carbonyl (C=O) groups excluding carboxylic acids is 3. The highest BCUT2D eigenvalue weighted by molar-refractivity contribution is 9.10. The molecule has 2 aromatic carbocycles. The Bertz CT molecular complexity index is 959. The molecule has 2 aliphatic heterocycles. The number of ether oxygens (including phenoxy) is 1. The standard InChI is InChI=1S/C21H19BrN2O4/c1-11-5-3-4-6-14(11)24-19(25)15-16(20(24)26)18(21(27)28-2)23-17(15)12-7-9-13(22)10-8-12/h3-10,15-18,23H,1-2H3/t15-,16+,17-,18-/m1/s1. The Kier molecular flexibility index (Phi) is 4.81. The number of nitrogens with one attached hydrogen (secondary N) is 1. The summed E-state index contributed by atoms with van der Waals surface area (Å²) in [6, 6.07) is 13.4. The molecule has 2 saturated heterocycles. The summed E-state index contributed by atoms with van der Waals surface area (Å²) in [4.78, 5) is 40.2. The van der Waals surface area contributed by atoms with Crippen molar-refractivity contribution in [2.45, 2.75) is 19.0 Å². The second-order valence-corrected chi connectivity index (χ2v) is 7.96. The maximum Gasteiger partial charge on any atom is 0.323 e. The van der Waals surface area contributed by atoms with Crippen LogP contribution in [0.4, 0.5) is 5.69 Å². The average Bonchev–Trinajstić information content (AvgIpc) is 3.20. The highest BCUT2D eigenvalue weighted by Crippen LogP contribution is 2.46. The van der Waals surface area contributed by atoms with Gasteiger partial charge in [-0.25, -0.2) is 4.90 Å². The SMILES string of the molecule is COC(=O)[C@@H]1N[C@H](c2ccc(Br)cc2)[C@@H]2C(=O)N(c3ccccc3C)C(=O)[C@@H]21. The fourth-order valence-electron chi connectivity index (χ4n) is 4.18. The van der Waals surface area contributed by atoms with Gasteiger partial charge in [0.1, 0.15) is 6.04 Å². The molecular formula is C21H19BrN2O4. The number of methoxy groups -OCH3 is 1. The highest BCUT2D eigenvalue weighted by atomic mass is 79.9. The molecule has 4 rings (SSSR count).